The Morgan fingerprint density at radius 2 is 2.00 bits per heavy atom. The molecule has 2 heterocycles. The first kappa shape index (κ1) is 24.2. The molecule has 0 spiro atoms. The van der Waals surface area contributed by atoms with Crippen molar-refractivity contribution in [1.29, 1.82) is 0 Å². The van der Waals surface area contributed by atoms with Crippen LogP contribution in [0.2, 0.25) is 0 Å². The third-order valence-corrected chi connectivity index (χ3v) is 5.20. The third kappa shape index (κ3) is 6.45. The lowest BCUT2D eigenvalue weighted by molar-refractivity contribution is -0.135. The van der Waals surface area contributed by atoms with Crippen LogP contribution in [0.5, 0.6) is 0 Å². The molecule has 1 aliphatic rings. The molecular weight excluding hydrogens is 398 g/mol. The first-order valence-electron chi connectivity index (χ1n) is 10.6. The molecule has 1 fully saturated rings. The number of rotatable bonds is 8. The average molecular weight is 430 g/mol. The fourth-order valence-corrected chi connectivity index (χ4v) is 3.67. The molecule has 168 valence electrons. The van der Waals surface area contributed by atoms with Gasteiger partial charge in [0.15, 0.2) is 0 Å². The highest BCUT2D eigenvalue weighted by molar-refractivity contribution is 5.99. The maximum absolute atomic E-state index is 13.1. The summed E-state index contributed by atoms with van der Waals surface area (Å²) in [6.07, 6.45) is 5.63. The monoisotopic (exact) mass is 429 g/mol. The Balaban J connectivity index is 0.00000107. The van der Waals surface area contributed by atoms with Gasteiger partial charge in [0.25, 0.3) is 5.56 Å². The maximum Gasteiger partial charge on any atom is 0.262 e. The van der Waals surface area contributed by atoms with E-state index in [9.17, 15) is 14.4 Å². The average Bonchev–Trinajstić information content (AvgIpc) is 2.73. The van der Waals surface area contributed by atoms with Gasteiger partial charge in [0.05, 0.1) is 10.9 Å². The van der Waals surface area contributed by atoms with E-state index in [2.05, 4.69) is 28.3 Å². The number of aromatic nitrogens is 2. The molecule has 1 aliphatic heterocycles. The van der Waals surface area contributed by atoms with Gasteiger partial charge in [-0.05, 0) is 44.0 Å². The highest BCUT2D eigenvalue weighted by atomic mass is 16.2. The zero-order valence-corrected chi connectivity index (χ0v) is 18.1. The number of nitrogens with zero attached hydrogens (tertiary/aromatic N) is 2. The number of hydrogen-bond donors (Lipinski definition) is 3. The number of fused-ring (bicyclic) bond motifs is 1. The summed E-state index contributed by atoms with van der Waals surface area (Å²) in [5.74, 6) is -0.255. The Hall–Kier alpha value is -3.07. The van der Waals surface area contributed by atoms with Gasteiger partial charge in [-0.3, -0.25) is 29.1 Å². The summed E-state index contributed by atoms with van der Waals surface area (Å²) in [6, 6.07) is 4.99. The fraction of sp³-hybridized carbons (Fsp3) is 0.500. The number of hydrogen-bond acceptors (Lipinski definition) is 6. The molecule has 3 amide bonds. The Bertz CT molecular complexity index is 986. The molecule has 1 unspecified atom stereocenters. The van der Waals surface area contributed by atoms with E-state index in [1.165, 1.54) is 23.8 Å². The highest BCUT2D eigenvalue weighted by Crippen LogP contribution is 2.20. The Labute approximate surface area is 181 Å². The van der Waals surface area contributed by atoms with Gasteiger partial charge < -0.3 is 11.1 Å². The number of amides is 3. The van der Waals surface area contributed by atoms with E-state index >= 15 is 0 Å². The topological polar surface area (TPSA) is 136 Å². The third-order valence-electron chi connectivity index (χ3n) is 5.20. The second kappa shape index (κ2) is 11.9. The highest BCUT2D eigenvalue weighted by Gasteiger charge is 2.30. The zero-order valence-electron chi connectivity index (χ0n) is 18.1. The van der Waals surface area contributed by atoms with E-state index < -0.39 is 11.9 Å². The lowest BCUT2D eigenvalue weighted by Crippen LogP contribution is -2.45. The van der Waals surface area contributed by atoms with E-state index in [1.54, 1.807) is 6.92 Å². The van der Waals surface area contributed by atoms with Crippen LogP contribution in [0.1, 0.15) is 62.9 Å². The minimum Gasteiger partial charge on any atom is -0.372 e. The summed E-state index contributed by atoms with van der Waals surface area (Å²) >= 11 is 0. The number of primary amides is 1. The van der Waals surface area contributed by atoms with Crippen LogP contribution in [0.4, 0.5) is 0 Å². The summed E-state index contributed by atoms with van der Waals surface area (Å²) in [4.78, 5) is 49.9. The van der Waals surface area contributed by atoms with Gasteiger partial charge in [0.1, 0.15) is 11.9 Å². The molecule has 4 N–H and O–H groups in total. The lowest BCUT2D eigenvalue weighted by atomic mass is 10.0. The number of unbranched alkanes of at least 4 members (excludes halogenated alkanes) is 3. The first-order chi connectivity index (χ1) is 14.9. The number of carbonyl (C=O) groups excluding carboxylic acids is 3. The summed E-state index contributed by atoms with van der Waals surface area (Å²) in [5, 5.41) is 6.23. The summed E-state index contributed by atoms with van der Waals surface area (Å²) in [7, 11) is 0. The van der Waals surface area contributed by atoms with Crippen molar-refractivity contribution in [2.24, 2.45) is 5.73 Å². The molecule has 9 heteroatoms. The SMILES string of the molecule is CCCCCCNCc1ccc2nc(C)n(C3CCC(=O)NC3=O)c(=O)c2c1.NC=O. The number of nitrogens with two attached hydrogens (primary N) is 1. The van der Waals surface area contributed by atoms with Gasteiger partial charge in [0.2, 0.25) is 18.2 Å². The van der Waals surface area contributed by atoms with Gasteiger partial charge >= 0.3 is 0 Å². The molecular formula is C22H31N5O4. The minimum atomic E-state index is -0.692. The molecule has 1 aromatic carbocycles. The fourth-order valence-electron chi connectivity index (χ4n) is 3.67. The summed E-state index contributed by atoms with van der Waals surface area (Å²) < 4.78 is 1.42. The van der Waals surface area contributed by atoms with Crippen molar-refractivity contribution in [3.05, 3.63) is 39.9 Å². The normalized spacial score (nSPS) is 15.9. The largest absolute Gasteiger partial charge is 0.372 e. The smallest absolute Gasteiger partial charge is 0.262 e. The molecule has 0 bridgehead atoms. The molecule has 3 rings (SSSR count). The standard InChI is InChI=1S/C21H28N4O3.CH3NO/c1-3-4-5-6-11-22-13-15-7-8-17-16(12-15)21(28)25(14(2)23-17)18-9-10-19(26)24-20(18)27;2-1-3/h7-8,12,18,22H,3-6,9-11,13H2,1-2H3,(H,24,26,27);1H,(H2,2,3). The van der Waals surface area contributed by atoms with E-state index in [0.717, 1.165) is 18.5 Å². The van der Waals surface area contributed by atoms with Crippen LogP contribution >= 0.6 is 0 Å². The predicted octanol–water partition coefficient (Wildman–Crippen LogP) is 1.45. The number of aryl methyl sites for hydroxylation is 1. The second-order valence-corrected chi connectivity index (χ2v) is 7.53. The van der Waals surface area contributed by atoms with Crippen LogP contribution < -0.4 is 21.9 Å². The van der Waals surface area contributed by atoms with Crippen LogP contribution in [0.25, 0.3) is 10.9 Å². The molecule has 1 aromatic heterocycles. The molecule has 1 atom stereocenters. The Morgan fingerprint density at radius 1 is 1.26 bits per heavy atom. The lowest BCUT2D eigenvalue weighted by Gasteiger charge is -2.24. The minimum absolute atomic E-state index is 0.225. The number of benzene rings is 1. The molecule has 31 heavy (non-hydrogen) atoms. The van der Waals surface area contributed by atoms with Crippen molar-refractivity contribution >= 4 is 29.1 Å². The first-order valence-corrected chi connectivity index (χ1v) is 10.6. The number of nitrogens with one attached hydrogen (secondary N) is 2. The van der Waals surface area contributed by atoms with E-state index in [4.69, 9.17) is 4.79 Å². The number of carbonyl (C=O) groups is 3. The quantitative estimate of drug-likeness (QED) is 0.330. The van der Waals surface area contributed by atoms with Gasteiger partial charge in [-0.15, -0.1) is 0 Å². The summed E-state index contributed by atoms with van der Waals surface area (Å²) in [5.41, 5.74) is 5.57. The molecule has 9 nitrogen and oxygen atoms in total. The number of piperidine rings is 1. The van der Waals surface area contributed by atoms with Crippen LogP contribution in [-0.4, -0.2) is 34.3 Å². The van der Waals surface area contributed by atoms with Crippen LogP contribution in [-0.2, 0) is 20.9 Å². The van der Waals surface area contributed by atoms with Gasteiger partial charge in [-0.2, -0.15) is 0 Å². The molecule has 0 aliphatic carbocycles. The van der Waals surface area contributed by atoms with Gasteiger partial charge in [0, 0.05) is 13.0 Å². The summed E-state index contributed by atoms with van der Waals surface area (Å²) in [6.45, 7) is 5.55. The molecule has 2 aromatic rings. The van der Waals surface area contributed by atoms with Crippen molar-refractivity contribution in [2.75, 3.05) is 6.54 Å². The molecule has 1 saturated heterocycles. The van der Waals surface area contributed by atoms with Crippen molar-refractivity contribution in [1.82, 2.24) is 20.2 Å². The zero-order chi connectivity index (χ0) is 22.8. The predicted molar refractivity (Wildman–Crippen MR) is 118 cm³/mol. The van der Waals surface area contributed by atoms with E-state index in [0.29, 0.717) is 29.7 Å². The van der Waals surface area contributed by atoms with Crippen LogP contribution in [0.15, 0.2) is 23.0 Å². The van der Waals surface area contributed by atoms with E-state index in [1.807, 2.05) is 18.2 Å². The van der Waals surface area contributed by atoms with Crippen molar-refractivity contribution < 1.29 is 14.4 Å². The van der Waals surface area contributed by atoms with Crippen molar-refractivity contribution in [2.45, 2.75) is 65.0 Å². The second-order valence-electron chi connectivity index (χ2n) is 7.53. The van der Waals surface area contributed by atoms with Gasteiger partial charge in [-0.25, -0.2) is 4.98 Å². The van der Waals surface area contributed by atoms with Crippen molar-refractivity contribution in [3.8, 4) is 0 Å². The maximum atomic E-state index is 13.1. The number of imide groups is 1. The molecule has 0 radical (unpaired) electrons. The van der Waals surface area contributed by atoms with Gasteiger partial charge in [-0.1, -0.05) is 32.3 Å². The van der Waals surface area contributed by atoms with Crippen molar-refractivity contribution in [3.63, 3.8) is 0 Å². The Morgan fingerprint density at radius 3 is 2.68 bits per heavy atom. The Kier molecular flexibility index (Phi) is 9.33. The van der Waals surface area contributed by atoms with Crippen LogP contribution in [0.3, 0.4) is 0 Å². The molecule has 0 saturated carbocycles. The van der Waals surface area contributed by atoms with E-state index in [-0.39, 0.29) is 24.3 Å². The van der Waals surface area contributed by atoms with Crippen LogP contribution in [0, 0.1) is 6.92 Å².